The fraction of sp³-hybridized carbons (Fsp3) is 0.500. The van der Waals surface area contributed by atoms with E-state index in [-0.39, 0.29) is 5.54 Å². The zero-order valence-corrected chi connectivity index (χ0v) is 9.92. The number of hydrogen-bond acceptors (Lipinski definition) is 1. The van der Waals surface area contributed by atoms with Gasteiger partial charge in [-0.3, -0.25) is 4.79 Å². The van der Waals surface area contributed by atoms with E-state index in [1.807, 2.05) is 11.9 Å². The lowest BCUT2D eigenvalue weighted by Gasteiger charge is -2.33. The van der Waals surface area contributed by atoms with Crippen LogP contribution in [0.25, 0.3) is 0 Å². The molecular formula is C14H17NO. The van der Waals surface area contributed by atoms with Crippen LogP contribution in [0.1, 0.15) is 36.0 Å². The first-order chi connectivity index (χ1) is 7.65. The summed E-state index contributed by atoms with van der Waals surface area (Å²) in [6, 6.07) is 6.51. The SMILES string of the molecule is Cc1cccc2c1CCC21CCC(=O)N1C. The van der Waals surface area contributed by atoms with E-state index < -0.39 is 0 Å². The molecule has 0 saturated carbocycles. The standard InChI is InChI=1S/C14H17NO/c1-10-4-3-5-12-11(10)6-8-14(12)9-7-13(16)15(14)2/h3-5H,6-9H2,1-2H3. The minimum absolute atomic E-state index is 0.0262. The highest BCUT2D eigenvalue weighted by Crippen LogP contribution is 2.48. The van der Waals surface area contributed by atoms with Gasteiger partial charge >= 0.3 is 0 Å². The van der Waals surface area contributed by atoms with E-state index in [4.69, 9.17) is 0 Å². The van der Waals surface area contributed by atoms with Gasteiger partial charge in [-0.25, -0.2) is 0 Å². The number of benzene rings is 1. The average molecular weight is 215 g/mol. The van der Waals surface area contributed by atoms with Crippen molar-refractivity contribution in [3.63, 3.8) is 0 Å². The molecule has 1 unspecified atom stereocenters. The van der Waals surface area contributed by atoms with Gasteiger partial charge in [0.25, 0.3) is 0 Å². The molecule has 1 spiro atoms. The minimum Gasteiger partial charge on any atom is -0.336 e. The van der Waals surface area contributed by atoms with Gasteiger partial charge in [0, 0.05) is 13.5 Å². The van der Waals surface area contributed by atoms with E-state index in [9.17, 15) is 4.79 Å². The van der Waals surface area contributed by atoms with Crippen LogP contribution in [0.15, 0.2) is 18.2 Å². The van der Waals surface area contributed by atoms with Crippen molar-refractivity contribution < 1.29 is 4.79 Å². The molecule has 1 atom stereocenters. The Bertz CT molecular complexity index is 466. The van der Waals surface area contributed by atoms with Crippen molar-refractivity contribution in [1.82, 2.24) is 4.90 Å². The predicted molar refractivity (Wildman–Crippen MR) is 63.2 cm³/mol. The first-order valence-corrected chi connectivity index (χ1v) is 6.01. The van der Waals surface area contributed by atoms with Gasteiger partial charge in [-0.1, -0.05) is 18.2 Å². The van der Waals surface area contributed by atoms with Gasteiger partial charge < -0.3 is 4.90 Å². The molecule has 1 amide bonds. The summed E-state index contributed by atoms with van der Waals surface area (Å²) in [5.41, 5.74) is 4.28. The molecule has 2 aliphatic rings. The molecule has 1 saturated heterocycles. The Labute approximate surface area is 96.3 Å². The van der Waals surface area contributed by atoms with E-state index in [1.54, 1.807) is 0 Å². The van der Waals surface area contributed by atoms with E-state index in [0.29, 0.717) is 12.3 Å². The van der Waals surface area contributed by atoms with Gasteiger partial charge in [-0.2, -0.15) is 0 Å². The van der Waals surface area contributed by atoms with Crippen molar-refractivity contribution in [1.29, 1.82) is 0 Å². The van der Waals surface area contributed by atoms with Gasteiger partial charge in [-0.15, -0.1) is 0 Å². The number of rotatable bonds is 0. The fourth-order valence-electron chi connectivity index (χ4n) is 3.43. The number of carbonyl (C=O) groups is 1. The second-order valence-corrected chi connectivity index (χ2v) is 5.09. The smallest absolute Gasteiger partial charge is 0.223 e. The van der Waals surface area contributed by atoms with Gasteiger partial charge in [0.15, 0.2) is 0 Å². The third-order valence-corrected chi connectivity index (χ3v) is 4.47. The Morgan fingerprint density at radius 2 is 2.00 bits per heavy atom. The quantitative estimate of drug-likeness (QED) is 0.650. The van der Waals surface area contributed by atoms with Crippen molar-refractivity contribution in [2.45, 2.75) is 38.1 Å². The first-order valence-electron chi connectivity index (χ1n) is 6.01. The average Bonchev–Trinajstić information content (AvgIpc) is 2.78. The Balaban J connectivity index is 2.16. The van der Waals surface area contributed by atoms with Crippen molar-refractivity contribution in [2.24, 2.45) is 0 Å². The lowest BCUT2D eigenvalue weighted by Crippen LogP contribution is -2.38. The second kappa shape index (κ2) is 3.09. The summed E-state index contributed by atoms with van der Waals surface area (Å²) in [7, 11) is 1.97. The van der Waals surface area contributed by atoms with Crippen LogP contribution in [-0.4, -0.2) is 17.9 Å². The van der Waals surface area contributed by atoms with Crippen molar-refractivity contribution >= 4 is 5.91 Å². The molecule has 0 N–H and O–H groups in total. The van der Waals surface area contributed by atoms with Gasteiger partial charge in [-0.05, 0) is 42.9 Å². The number of carbonyl (C=O) groups excluding carboxylic acids is 1. The summed E-state index contributed by atoms with van der Waals surface area (Å²) >= 11 is 0. The third kappa shape index (κ3) is 1.05. The van der Waals surface area contributed by atoms with Gasteiger partial charge in [0.05, 0.1) is 5.54 Å². The first kappa shape index (κ1) is 9.88. The van der Waals surface area contributed by atoms with Crippen LogP contribution in [-0.2, 0) is 16.8 Å². The molecule has 1 aromatic rings. The molecule has 0 radical (unpaired) electrons. The van der Waals surface area contributed by atoms with E-state index >= 15 is 0 Å². The van der Waals surface area contributed by atoms with Gasteiger partial charge in [0.2, 0.25) is 5.91 Å². The Morgan fingerprint density at radius 3 is 2.69 bits per heavy atom. The normalized spacial score (nSPS) is 27.9. The monoisotopic (exact) mass is 215 g/mol. The Kier molecular flexibility index (Phi) is 1.91. The highest BCUT2D eigenvalue weighted by Gasteiger charge is 2.48. The van der Waals surface area contributed by atoms with Crippen LogP contribution in [0.2, 0.25) is 0 Å². The van der Waals surface area contributed by atoms with Crippen LogP contribution in [0.3, 0.4) is 0 Å². The number of fused-ring (bicyclic) bond motifs is 2. The van der Waals surface area contributed by atoms with Crippen molar-refractivity contribution in [3.8, 4) is 0 Å². The summed E-state index contributed by atoms with van der Waals surface area (Å²) in [4.78, 5) is 13.7. The molecule has 1 aliphatic carbocycles. The second-order valence-electron chi connectivity index (χ2n) is 5.09. The molecule has 1 heterocycles. The Hall–Kier alpha value is -1.31. The lowest BCUT2D eigenvalue weighted by atomic mass is 9.88. The molecular weight excluding hydrogens is 198 g/mol. The van der Waals surface area contributed by atoms with Crippen LogP contribution in [0, 0.1) is 6.92 Å². The van der Waals surface area contributed by atoms with Crippen molar-refractivity contribution in [2.75, 3.05) is 7.05 Å². The zero-order valence-electron chi connectivity index (χ0n) is 9.92. The highest BCUT2D eigenvalue weighted by molar-refractivity contribution is 5.80. The van der Waals surface area contributed by atoms with Crippen molar-refractivity contribution in [3.05, 3.63) is 34.9 Å². The molecule has 0 bridgehead atoms. The molecule has 1 aromatic carbocycles. The fourth-order valence-corrected chi connectivity index (χ4v) is 3.43. The van der Waals surface area contributed by atoms with E-state index in [2.05, 4.69) is 25.1 Å². The lowest BCUT2D eigenvalue weighted by molar-refractivity contribution is -0.129. The van der Waals surface area contributed by atoms with E-state index in [0.717, 1.165) is 19.3 Å². The number of aryl methyl sites for hydroxylation is 1. The molecule has 1 aliphatic heterocycles. The maximum absolute atomic E-state index is 11.8. The predicted octanol–water partition coefficient (Wildman–Crippen LogP) is 2.39. The maximum atomic E-state index is 11.8. The highest BCUT2D eigenvalue weighted by atomic mass is 16.2. The summed E-state index contributed by atoms with van der Waals surface area (Å²) in [5, 5.41) is 0. The topological polar surface area (TPSA) is 20.3 Å². The summed E-state index contributed by atoms with van der Waals surface area (Å²) < 4.78 is 0. The third-order valence-electron chi connectivity index (χ3n) is 4.47. The van der Waals surface area contributed by atoms with Crippen LogP contribution in [0.4, 0.5) is 0 Å². The molecule has 1 fully saturated rings. The molecule has 16 heavy (non-hydrogen) atoms. The molecule has 2 nitrogen and oxygen atoms in total. The summed E-state index contributed by atoms with van der Waals surface area (Å²) in [6.45, 7) is 2.18. The van der Waals surface area contributed by atoms with E-state index in [1.165, 1.54) is 16.7 Å². The van der Waals surface area contributed by atoms with Crippen LogP contribution in [0.5, 0.6) is 0 Å². The molecule has 84 valence electrons. The number of hydrogen-bond donors (Lipinski definition) is 0. The van der Waals surface area contributed by atoms with Crippen LogP contribution < -0.4 is 0 Å². The summed E-state index contributed by atoms with van der Waals surface area (Å²) in [5.74, 6) is 0.300. The number of likely N-dealkylation sites (tertiary alicyclic amines) is 1. The van der Waals surface area contributed by atoms with Gasteiger partial charge in [0.1, 0.15) is 0 Å². The summed E-state index contributed by atoms with van der Waals surface area (Å²) in [6.07, 6.45) is 3.94. The zero-order chi connectivity index (χ0) is 11.3. The Morgan fingerprint density at radius 1 is 1.25 bits per heavy atom. The molecule has 3 rings (SSSR count). The minimum atomic E-state index is 0.0262. The molecule has 2 heteroatoms. The largest absolute Gasteiger partial charge is 0.336 e. The number of amides is 1. The number of nitrogens with zero attached hydrogens (tertiary/aromatic N) is 1. The van der Waals surface area contributed by atoms with Crippen LogP contribution >= 0.6 is 0 Å². The maximum Gasteiger partial charge on any atom is 0.223 e. The molecule has 0 aromatic heterocycles.